The van der Waals surface area contributed by atoms with Gasteiger partial charge in [0.1, 0.15) is 5.75 Å². The molecule has 7 heteroatoms. The zero-order valence-corrected chi connectivity index (χ0v) is 13.1. The van der Waals surface area contributed by atoms with Gasteiger partial charge in [-0.3, -0.25) is 0 Å². The van der Waals surface area contributed by atoms with Crippen LogP contribution in [-0.2, 0) is 6.18 Å². The Hall–Kier alpha value is -2.70. The number of nitrogens with one attached hydrogen (secondary N) is 1. The van der Waals surface area contributed by atoms with Crippen molar-refractivity contribution in [2.45, 2.75) is 19.1 Å². The van der Waals surface area contributed by atoms with Crippen molar-refractivity contribution in [3.05, 3.63) is 59.7 Å². The molecule has 24 heavy (non-hydrogen) atoms. The lowest BCUT2D eigenvalue weighted by Gasteiger charge is -2.26. The summed E-state index contributed by atoms with van der Waals surface area (Å²) < 4.78 is 38.9. The minimum absolute atomic E-state index is 0.0515. The standard InChI is InChI=1S/C17H17F3N2O2/c1-11(12-6-5-7-13(23)10-12)22(2)16(24)21-15-9-4-3-8-14(15)17(18,19)20/h3-11,23H,1-2H3,(H,21,24)/t11-/m0/s1. The van der Waals surface area contributed by atoms with E-state index in [1.807, 2.05) is 0 Å². The van der Waals surface area contributed by atoms with E-state index in [1.54, 1.807) is 19.1 Å². The van der Waals surface area contributed by atoms with Crippen molar-refractivity contribution in [3.63, 3.8) is 0 Å². The van der Waals surface area contributed by atoms with Gasteiger partial charge >= 0.3 is 12.2 Å². The van der Waals surface area contributed by atoms with Crippen molar-refractivity contribution in [2.24, 2.45) is 0 Å². The van der Waals surface area contributed by atoms with Crippen LogP contribution < -0.4 is 5.32 Å². The number of phenolic OH excluding ortho intramolecular Hbond substituents is 1. The number of carbonyl (C=O) groups is 1. The summed E-state index contributed by atoms with van der Waals surface area (Å²) in [4.78, 5) is 13.5. The lowest BCUT2D eigenvalue weighted by molar-refractivity contribution is -0.136. The van der Waals surface area contributed by atoms with Gasteiger partial charge in [-0.05, 0) is 36.8 Å². The van der Waals surface area contributed by atoms with Gasteiger partial charge in [0.15, 0.2) is 0 Å². The number of halogens is 3. The summed E-state index contributed by atoms with van der Waals surface area (Å²) in [5, 5.41) is 11.8. The highest BCUT2D eigenvalue weighted by Gasteiger charge is 2.34. The van der Waals surface area contributed by atoms with Crippen molar-refractivity contribution in [3.8, 4) is 5.75 Å². The molecule has 0 spiro atoms. The highest BCUT2D eigenvalue weighted by atomic mass is 19.4. The normalized spacial score (nSPS) is 12.5. The summed E-state index contributed by atoms with van der Waals surface area (Å²) in [7, 11) is 1.47. The zero-order valence-electron chi connectivity index (χ0n) is 13.1. The Balaban J connectivity index is 2.18. The number of amides is 2. The third kappa shape index (κ3) is 3.98. The highest BCUT2D eigenvalue weighted by molar-refractivity contribution is 5.90. The Kier molecular flexibility index (Phi) is 5.02. The smallest absolute Gasteiger partial charge is 0.418 e. The molecule has 2 N–H and O–H groups in total. The van der Waals surface area contributed by atoms with E-state index in [0.717, 1.165) is 6.07 Å². The second-order valence-electron chi connectivity index (χ2n) is 5.36. The first-order valence-electron chi connectivity index (χ1n) is 7.19. The van der Waals surface area contributed by atoms with E-state index in [1.165, 1.54) is 42.3 Å². The molecule has 4 nitrogen and oxygen atoms in total. The van der Waals surface area contributed by atoms with Gasteiger partial charge in [-0.2, -0.15) is 13.2 Å². The molecule has 0 aromatic heterocycles. The molecule has 0 aliphatic rings. The van der Waals surface area contributed by atoms with Crippen molar-refractivity contribution in [1.29, 1.82) is 0 Å². The first-order valence-corrected chi connectivity index (χ1v) is 7.19. The summed E-state index contributed by atoms with van der Waals surface area (Å²) in [5.74, 6) is 0.0515. The Bertz CT molecular complexity index is 732. The van der Waals surface area contributed by atoms with Gasteiger partial charge in [0, 0.05) is 7.05 Å². The minimum Gasteiger partial charge on any atom is -0.508 e. The third-order valence-corrected chi connectivity index (χ3v) is 3.73. The number of benzene rings is 2. The van der Waals surface area contributed by atoms with Crippen molar-refractivity contribution in [2.75, 3.05) is 12.4 Å². The number of urea groups is 1. The van der Waals surface area contributed by atoms with Crippen molar-refractivity contribution in [1.82, 2.24) is 4.90 Å². The number of anilines is 1. The molecule has 0 bridgehead atoms. The molecule has 0 unspecified atom stereocenters. The van der Waals surface area contributed by atoms with E-state index < -0.39 is 23.8 Å². The molecule has 0 saturated carbocycles. The number of phenols is 1. The van der Waals surface area contributed by atoms with Crippen LogP contribution >= 0.6 is 0 Å². The third-order valence-electron chi connectivity index (χ3n) is 3.73. The Morgan fingerprint density at radius 2 is 1.83 bits per heavy atom. The van der Waals surface area contributed by atoms with Crippen molar-refractivity contribution < 1.29 is 23.1 Å². The molecule has 0 heterocycles. The molecule has 0 aliphatic carbocycles. The van der Waals surface area contributed by atoms with Crippen LogP contribution in [0.1, 0.15) is 24.1 Å². The van der Waals surface area contributed by atoms with E-state index >= 15 is 0 Å². The molecule has 2 amide bonds. The van der Waals surface area contributed by atoms with Crippen LogP contribution in [0.4, 0.5) is 23.7 Å². The quantitative estimate of drug-likeness (QED) is 0.857. The van der Waals surface area contributed by atoms with Crippen LogP contribution in [-0.4, -0.2) is 23.1 Å². The van der Waals surface area contributed by atoms with Gasteiger partial charge in [-0.15, -0.1) is 0 Å². The maximum Gasteiger partial charge on any atom is 0.418 e. The predicted molar refractivity (Wildman–Crippen MR) is 84.7 cm³/mol. The highest BCUT2D eigenvalue weighted by Crippen LogP contribution is 2.35. The summed E-state index contributed by atoms with van der Waals surface area (Å²) >= 11 is 0. The van der Waals surface area contributed by atoms with Crippen LogP contribution in [0, 0.1) is 0 Å². The zero-order chi connectivity index (χ0) is 17.9. The van der Waals surface area contributed by atoms with E-state index in [9.17, 15) is 23.1 Å². The first-order chi connectivity index (χ1) is 11.2. The van der Waals surface area contributed by atoms with Crippen molar-refractivity contribution >= 4 is 11.7 Å². The Labute approximate surface area is 137 Å². The summed E-state index contributed by atoms with van der Waals surface area (Å²) in [6.07, 6.45) is -4.56. The van der Waals surface area contributed by atoms with E-state index in [-0.39, 0.29) is 11.4 Å². The summed E-state index contributed by atoms with van der Waals surface area (Å²) in [5.41, 5.74) is -0.543. The minimum atomic E-state index is -4.56. The average molecular weight is 338 g/mol. The van der Waals surface area contributed by atoms with E-state index in [4.69, 9.17) is 0 Å². The Morgan fingerprint density at radius 1 is 1.17 bits per heavy atom. The number of para-hydroxylation sites is 1. The molecule has 1 atom stereocenters. The topological polar surface area (TPSA) is 52.6 Å². The fourth-order valence-electron chi connectivity index (χ4n) is 2.23. The summed E-state index contributed by atoms with van der Waals surface area (Å²) in [6, 6.07) is 10.0. The van der Waals surface area contributed by atoms with Gasteiger partial charge < -0.3 is 15.3 Å². The molecule has 2 aromatic rings. The van der Waals surface area contributed by atoms with Gasteiger partial charge in [0.2, 0.25) is 0 Å². The maximum atomic E-state index is 13.0. The molecule has 2 aromatic carbocycles. The Morgan fingerprint density at radius 3 is 2.46 bits per heavy atom. The molecule has 128 valence electrons. The van der Waals surface area contributed by atoms with E-state index in [0.29, 0.717) is 5.56 Å². The lowest BCUT2D eigenvalue weighted by Crippen LogP contribution is -2.34. The molecule has 0 radical (unpaired) electrons. The number of rotatable bonds is 3. The predicted octanol–water partition coefficient (Wildman–Crippen LogP) is 4.64. The maximum absolute atomic E-state index is 13.0. The number of nitrogens with zero attached hydrogens (tertiary/aromatic N) is 1. The molecule has 0 fully saturated rings. The number of aromatic hydroxyl groups is 1. The largest absolute Gasteiger partial charge is 0.508 e. The van der Waals surface area contributed by atoms with Gasteiger partial charge in [-0.1, -0.05) is 24.3 Å². The number of alkyl halides is 3. The second kappa shape index (κ2) is 6.82. The second-order valence-corrected chi connectivity index (χ2v) is 5.36. The number of hydrogen-bond acceptors (Lipinski definition) is 2. The first kappa shape index (κ1) is 17.7. The van der Waals surface area contributed by atoms with Gasteiger partial charge in [-0.25, -0.2) is 4.79 Å². The van der Waals surface area contributed by atoms with Crippen LogP contribution in [0.3, 0.4) is 0 Å². The monoisotopic (exact) mass is 338 g/mol. The van der Waals surface area contributed by atoms with Crippen LogP contribution in [0.15, 0.2) is 48.5 Å². The molecular formula is C17H17F3N2O2. The average Bonchev–Trinajstić information content (AvgIpc) is 2.53. The molecule has 0 aliphatic heterocycles. The number of carbonyl (C=O) groups excluding carboxylic acids is 1. The fourth-order valence-corrected chi connectivity index (χ4v) is 2.23. The lowest BCUT2D eigenvalue weighted by atomic mass is 10.1. The van der Waals surface area contributed by atoms with Crippen LogP contribution in [0.5, 0.6) is 5.75 Å². The van der Waals surface area contributed by atoms with E-state index in [2.05, 4.69) is 5.32 Å². The number of hydrogen-bond donors (Lipinski definition) is 2. The molecule has 2 rings (SSSR count). The molecular weight excluding hydrogens is 321 g/mol. The van der Waals surface area contributed by atoms with Crippen LogP contribution in [0.2, 0.25) is 0 Å². The van der Waals surface area contributed by atoms with Crippen LogP contribution in [0.25, 0.3) is 0 Å². The fraction of sp³-hybridized carbons (Fsp3) is 0.235. The van der Waals surface area contributed by atoms with Gasteiger partial charge in [0.05, 0.1) is 17.3 Å². The summed E-state index contributed by atoms with van der Waals surface area (Å²) in [6.45, 7) is 1.71. The molecule has 0 saturated heterocycles. The van der Waals surface area contributed by atoms with Gasteiger partial charge in [0.25, 0.3) is 0 Å². The SMILES string of the molecule is C[C@@H](c1cccc(O)c1)N(C)C(=O)Nc1ccccc1C(F)(F)F.